The van der Waals surface area contributed by atoms with Crippen molar-refractivity contribution in [3.8, 4) is 0 Å². The molecule has 5 rings (SSSR count). The third kappa shape index (κ3) is 5.89. The Bertz CT molecular complexity index is 1500. The lowest BCUT2D eigenvalue weighted by Gasteiger charge is -2.27. The minimum Gasteiger partial charge on any atom is -0.370 e. The van der Waals surface area contributed by atoms with Crippen LogP contribution in [0.5, 0.6) is 0 Å². The smallest absolute Gasteiger partial charge is 0.370 e. The molecule has 0 bridgehead atoms. The third-order valence-electron chi connectivity index (χ3n) is 7.83. The monoisotopic (exact) mass is 568 g/mol. The molecular formula is C29H35F3N8O. The molecule has 2 aliphatic heterocycles. The summed E-state index contributed by atoms with van der Waals surface area (Å²) >= 11 is 0. The van der Waals surface area contributed by atoms with Crippen LogP contribution in [0.4, 0.5) is 30.2 Å². The van der Waals surface area contributed by atoms with Crippen molar-refractivity contribution >= 4 is 28.7 Å². The van der Waals surface area contributed by atoms with E-state index >= 15 is 0 Å². The van der Waals surface area contributed by atoms with E-state index in [1.165, 1.54) is 6.92 Å². The molecule has 9 nitrogen and oxygen atoms in total. The van der Waals surface area contributed by atoms with Crippen LogP contribution in [0.25, 0.3) is 5.70 Å². The number of hydrogen-bond donors (Lipinski definition) is 3. The van der Waals surface area contributed by atoms with Gasteiger partial charge >= 0.3 is 6.18 Å². The number of carbonyl (C=O) groups is 1. The van der Waals surface area contributed by atoms with E-state index in [9.17, 15) is 18.0 Å². The first-order chi connectivity index (χ1) is 19.4. The van der Waals surface area contributed by atoms with Crippen LogP contribution in [0.2, 0.25) is 0 Å². The SMILES string of the molecule is Cc1ccc(NC(=O)c2cc(N3CCCN(C)CC3)c(C)c(C(F)(F)F)c2)cc1N1C=C(c2cnn(C)c2C)NN1. The Labute approximate surface area is 237 Å². The normalized spacial score (nSPS) is 16.4. The lowest BCUT2D eigenvalue weighted by Crippen LogP contribution is -2.36. The first kappa shape index (κ1) is 28.5. The number of anilines is 3. The molecule has 1 amide bonds. The topological polar surface area (TPSA) is 80.7 Å². The van der Waals surface area contributed by atoms with Crippen molar-refractivity contribution in [3.05, 3.63) is 76.2 Å². The van der Waals surface area contributed by atoms with Crippen molar-refractivity contribution in [2.75, 3.05) is 48.5 Å². The Balaban J connectivity index is 1.42. The van der Waals surface area contributed by atoms with E-state index in [1.54, 1.807) is 34.1 Å². The van der Waals surface area contributed by atoms with Crippen LogP contribution < -0.4 is 26.2 Å². The van der Waals surface area contributed by atoms with Gasteiger partial charge in [-0.2, -0.15) is 18.3 Å². The number of halogens is 3. The Morgan fingerprint density at radius 2 is 1.78 bits per heavy atom. The summed E-state index contributed by atoms with van der Waals surface area (Å²) in [5.74, 6) is -0.604. The fraction of sp³-hybridized carbons (Fsp3) is 0.379. The quantitative estimate of drug-likeness (QED) is 0.416. The molecule has 1 saturated heterocycles. The van der Waals surface area contributed by atoms with E-state index in [4.69, 9.17) is 0 Å². The van der Waals surface area contributed by atoms with Gasteiger partial charge in [-0.1, -0.05) is 6.07 Å². The van der Waals surface area contributed by atoms with Crippen LogP contribution in [0.1, 0.15) is 44.7 Å². The number of amides is 1. The van der Waals surface area contributed by atoms with E-state index in [1.807, 2.05) is 45.1 Å². The number of rotatable bonds is 5. The molecule has 0 unspecified atom stereocenters. The van der Waals surface area contributed by atoms with E-state index in [0.29, 0.717) is 24.5 Å². The zero-order chi connectivity index (χ0) is 29.5. The highest BCUT2D eigenvalue weighted by Gasteiger charge is 2.35. The number of likely N-dealkylation sites (N-methyl/N-ethyl adjacent to an activating group) is 1. The largest absolute Gasteiger partial charge is 0.416 e. The van der Waals surface area contributed by atoms with E-state index in [2.05, 4.69) is 26.3 Å². The number of aromatic nitrogens is 2. The number of hydrogen-bond acceptors (Lipinski definition) is 7. The molecule has 0 aliphatic carbocycles. The summed E-state index contributed by atoms with van der Waals surface area (Å²) < 4.78 is 44.0. The fourth-order valence-electron chi connectivity index (χ4n) is 5.23. The molecule has 0 saturated carbocycles. The van der Waals surface area contributed by atoms with Crippen LogP contribution in [0, 0.1) is 20.8 Å². The molecule has 3 N–H and O–H groups in total. The summed E-state index contributed by atoms with van der Waals surface area (Å²) in [5, 5.41) is 8.89. The molecule has 1 fully saturated rings. The van der Waals surface area contributed by atoms with Crippen molar-refractivity contribution in [2.45, 2.75) is 33.4 Å². The van der Waals surface area contributed by atoms with Gasteiger partial charge in [0, 0.05) is 61.1 Å². The molecular weight excluding hydrogens is 533 g/mol. The van der Waals surface area contributed by atoms with Crippen molar-refractivity contribution in [1.82, 2.24) is 25.6 Å². The molecule has 12 heteroatoms. The van der Waals surface area contributed by atoms with Gasteiger partial charge in [0.25, 0.3) is 5.91 Å². The molecule has 0 atom stereocenters. The second kappa shape index (κ2) is 11.1. The fourth-order valence-corrected chi connectivity index (χ4v) is 5.23. The first-order valence-corrected chi connectivity index (χ1v) is 13.5. The molecule has 218 valence electrons. The van der Waals surface area contributed by atoms with Crippen molar-refractivity contribution < 1.29 is 18.0 Å². The maximum absolute atomic E-state index is 14.1. The van der Waals surface area contributed by atoms with Crippen LogP contribution in [-0.4, -0.2) is 53.8 Å². The van der Waals surface area contributed by atoms with Gasteiger partial charge in [0.1, 0.15) is 0 Å². The summed E-state index contributed by atoms with van der Waals surface area (Å²) in [4.78, 5) is 17.5. The molecule has 1 aromatic heterocycles. The summed E-state index contributed by atoms with van der Waals surface area (Å²) in [5.41, 5.74) is 10.9. The molecule has 41 heavy (non-hydrogen) atoms. The van der Waals surface area contributed by atoms with E-state index in [-0.39, 0.29) is 11.1 Å². The number of nitrogens with one attached hydrogen (secondary N) is 3. The van der Waals surface area contributed by atoms with Gasteiger partial charge in [-0.15, -0.1) is 5.53 Å². The maximum Gasteiger partial charge on any atom is 0.416 e. The Hall–Kier alpha value is -4.03. The molecule has 3 aromatic rings. The van der Waals surface area contributed by atoms with Gasteiger partial charge in [-0.25, -0.2) is 0 Å². The van der Waals surface area contributed by atoms with Gasteiger partial charge in [0.15, 0.2) is 0 Å². The van der Waals surface area contributed by atoms with Gasteiger partial charge < -0.3 is 20.5 Å². The summed E-state index contributed by atoms with van der Waals surface area (Å²) in [6.07, 6.45) is -0.0914. The number of hydrazine groups is 2. The van der Waals surface area contributed by atoms with Gasteiger partial charge in [-0.3, -0.25) is 14.5 Å². The number of nitrogens with zero attached hydrogens (tertiary/aromatic N) is 5. The average molecular weight is 569 g/mol. The molecule has 0 spiro atoms. The predicted molar refractivity (Wildman–Crippen MR) is 154 cm³/mol. The third-order valence-corrected chi connectivity index (χ3v) is 7.83. The van der Waals surface area contributed by atoms with Gasteiger partial charge in [-0.05, 0) is 76.2 Å². The number of benzene rings is 2. The maximum atomic E-state index is 14.1. The number of carbonyl (C=O) groups excluding carboxylic acids is 1. The zero-order valence-electron chi connectivity index (χ0n) is 23.9. The van der Waals surface area contributed by atoms with Crippen molar-refractivity contribution in [1.29, 1.82) is 0 Å². The number of aryl methyl sites for hydroxylation is 2. The van der Waals surface area contributed by atoms with Gasteiger partial charge in [0.05, 0.1) is 23.1 Å². The first-order valence-electron chi connectivity index (χ1n) is 13.5. The van der Waals surface area contributed by atoms with Crippen molar-refractivity contribution in [2.24, 2.45) is 7.05 Å². The molecule has 3 heterocycles. The molecule has 2 aliphatic rings. The predicted octanol–water partition coefficient (Wildman–Crippen LogP) is 4.59. The van der Waals surface area contributed by atoms with Crippen molar-refractivity contribution in [3.63, 3.8) is 0 Å². The van der Waals surface area contributed by atoms with E-state index in [0.717, 1.165) is 53.8 Å². The van der Waals surface area contributed by atoms with Gasteiger partial charge in [0.2, 0.25) is 0 Å². The highest BCUT2D eigenvalue weighted by molar-refractivity contribution is 6.05. The Kier molecular flexibility index (Phi) is 7.71. The molecule has 0 radical (unpaired) electrons. The minimum atomic E-state index is -4.58. The molecule has 2 aromatic carbocycles. The highest BCUT2D eigenvalue weighted by Crippen LogP contribution is 2.38. The van der Waals surface area contributed by atoms with Crippen LogP contribution in [-0.2, 0) is 13.2 Å². The highest BCUT2D eigenvalue weighted by atomic mass is 19.4. The minimum absolute atomic E-state index is 0.0344. The average Bonchev–Trinajstić information content (AvgIpc) is 3.46. The second-order valence-electron chi connectivity index (χ2n) is 10.7. The number of alkyl halides is 3. The Morgan fingerprint density at radius 1 is 1.00 bits per heavy atom. The van der Waals surface area contributed by atoms with Crippen LogP contribution in [0.15, 0.2) is 42.7 Å². The lowest BCUT2D eigenvalue weighted by atomic mass is 10.00. The summed E-state index contributed by atoms with van der Waals surface area (Å²) in [6, 6.07) is 7.90. The second-order valence-corrected chi connectivity index (χ2v) is 10.7. The zero-order valence-corrected chi connectivity index (χ0v) is 23.9. The van der Waals surface area contributed by atoms with Crippen LogP contribution >= 0.6 is 0 Å². The van der Waals surface area contributed by atoms with E-state index < -0.39 is 17.6 Å². The summed E-state index contributed by atoms with van der Waals surface area (Å²) in [6.45, 7) is 8.21. The lowest BCUT2D eigenvalue weighted by molar-refractivity contribution is -0.138. The Morgan fingerprint density at radius 3 is 2.49 bits per heavy atom. The van der Waals surface area contributed by atoms with Crippen LogP contribution in [0.3, 0.4) is 0 Å². The standard InChI is InChI=1S/C29H35F3N8O/c1-18-7-8-22(15-26(18)40-17-25(35-36-40)23-16-33-38(5)20(23)3)34-28(41)21-13-24(29(30,31)32)19(2)27(14-21)39-10-6-9-37(4)11-12-39/h7-8,13-17,35-36H,6,9-12H2,1-5H3,(H,34,41). The summed E-state index contributed by atoms with van der Waals surface area (Å²) in [7, 11) is 3.87.